The summed E-state index contributed by atoms with van der Waals surface area (Å²) in [6, 6.07) is 6.20. The Balaban J connectivity index is 2.07. The van der Waals surface area contributed by atoms with Gasteiger partial charge in [-0.15, -0.1) is 0 Å². The van der Waals surface area contributed by atoms with Crippen LogP contribution in [0.1, 0.15) is 37.3 Å². The Bertz CT molecular complexity index is 567. The second-order valence-electron chi connectivity index (χ2n) is 5.43. The highest BCUT2D eigenvalue weighted by molar-refractivity contribution is 6.31. The molecule has 0 radical (unpaired) electrons. The van der Waals surface area contributed by atoms with Crippen molar-refractivity contribution in [1.29, 1.82) is 0 Å². The SMILES string of the molecule is Cn1cc(C(N)C2CCCC2)c2cc(Cl)ccc21. The third kappa shape index (κ3) is 1.94. The molecule has 3 heteroatoms. The van der Waals surface area contributed by atoms with Crippen LogP contribution in [0.5, 0.6) is 0 Å². The monoisotopic (exact) mass is 262 g/mol. The molecule has 1 fully saturated rings. The lowest BCUT2D eigenvalue weighted by Gasteiger charge is -2.18. The molecule has 1 aromatic heterocycles. The smallest absolute Gasteiger partial charge is 0.0482 e. The van der Waals surface area contributed by atoms with Gasteiger partial charge < -0.3 is 10.3 Å². The Morgan fingerprint density at radius 2 is 2.06 bits per heavy atom. The van der Waals surface area contributed by atoms with Gasteiger partial charge in [0.05, 0.1) is 0 Å². The van der Waals surface area contributed by atoms with Crippen molar-refractivity contribution in [2.45, 2.75) is 31.7 Å². The molecule has 1 heterocycles. The third-order valence-electron chi connectivity index (χ3n) is 4.25. The van der Waals surface area contributed by atoms with E-state index in [9.17, 15) is 0 Å². The summed E-state index contributed by atoms with van der Waals surface area (Å²) in [5.74, 6) is 0.634. The Kier molecular flexibility index (Phi) is 3.08. The van der Waals surface area contributed by atoms with Crippen molar-refractivity contribution in [1.82, 2.24) is 4.57 Å². The maximum Gasteiger partial charge on any atom is 0.0482 e. The van der Waals surface area contributed by atoms with Crippen LogP contribution in [0.4, 0.5) is 0 Å². The van der Waals surface area contributed by atoms with Crippen LogP contribution < -0.4 is 5.73 Å². The molecule has 0 saturated heterocycles. The highest BCUT2D eigenvalue weighted by Crippen LogP contribution is 2.37. The molecule has 0 bridgehead atoms. The molecule has 3 rings (SSSR count). The summed E-state index contributed by atoms with van der Waals surface area (Å²) in [7, 11) is 2.07. The fourth-order valence-corrected chi connectivity index (χ4v) is 3.40. The molecule has 0 spiro atoms. The van der Waals surface area contributed by atoms with E-state index in [0.29, 0.717) is 5.92 Å². The second kappa shape index (κ2) is 4.60. The van der Waals surface area contributed by atoms with Crippen molar-refractivity contribution < 1.29 is 0 Å². The van der Waals surface area contributed by atoms with Gasteiger partial charge in [0.2, 0.25) is 0 Å². The van der Waals surface area contributed by atoms with Gasteiger partial charge in [-0.3, -0.25) is 0 Å². The molecule has 0 aliphatic heterocycles. The molecule has 1 aliphatic carbocycles. The van der Waals surface area contributed by atoms with Crippen molar-refractivity contribution in [2.75, 3.05) is 0 Å². The van der Waals surface area contributed by atoms with Crippen LogP contribution in [-0.2, 0) is 7.05 Å². The first kappa shape index (κ1) is 12.1. The lowest BCUT2D eigenvalue weighted by molar-refractivity contribution is 0.446. The zero-order chi connectivity index (χ0) is 12.7. The number of hydrogen-bond donors (Lipinski definition) is 1. The summed E-state index contributed by atoms with van der Waals surface area (Å²) >= 11 is 6.11. The highest BCUT2D eigenvalue weighted by atomic mass is 35.5. The van der Waals surface area contributed by atoms with Gasteiger partial charge in [-0.2, -0.15) is 0 Å². The minimum absolute atomic E-state index is 0.148. The average Bonchev–Trinajstić information content (AvgIpc) is 2.97. The predicted molar refractivity (Wildman–Crippen MR) is 76.8 cm³/mol. The molecule has 2 N–H and O–H groups in total. The van der Waals surface area contributed by atoms with Crippen LogP contribution in [-0.4, -0.2) is 4.57 Å². The maximum atomic E-state index is 6.47. The Hall–Kier alpha value is -0.990. The molecule has 0 amide bonds. The summed E-state index contributed by atoms with van der Waals surface area (Å²) in [5, 5.41) is 2.00. The van der Waals surface area contributed by atoms with E-state index < -0.39 is 0 Å². The van der Waals surface area contributed by atoms with Gasteiger partial charge in [0.1, 0.15) is 0 Å². The lowest BCUT2D eigenvalue weighted by Crippen LogP contribution is -2.18. The second-order valence-corrected chi connectivity index (χ2v) is 5.86. The van der Waals surface area contributed by atoms with Crippen molar-refractivity contribution in [3.8, 4) is 0 Å². The third-order valence-corrected chi connectivity index (χ3v) is 4.48. The van der Waals surface area contributed by atoms with E-state index in [2.05, 4.69) is 23.9 Å². The van der Waals surface area contributed by atoms with Crippen LogP contribution in [0.3, 0.4) is 0 Å². The zero-order valence-corrected chi connectivity index (χ0v) is 11.5. The van der Waals surface area contributed by atoms with Crippen LogP contribution in [0.15, 0.2) is 24.4 Å². The van der Waals surface area contributed by atoms with Crippen LogP contribution >= 0.6 is 11.6 Å². The molecule has 1 unspecified atom stereocenters. The maximum absolute atomic E-state index is 6.47. The molecule has 96 valence electrons. The first-order valence-corrected chi connectivity index (χ1v) is 7.04. The number of fused-ring (bicyclic) bond motifs is 1. The van der Waals surface area contributed by atoms with Gasteiger partial charge in [-0.05, 0) is 42.5 Å². The fraction of sp³-hybridized carbons (Fsp3) is 0.467. The van der Waals surface area contributed by atoms with Crippen molar-refractivity contribution >= 4 is 22.5 Å². The molecule has 1 atom stereocenters. The van der Waals surface area contributed by atoms with E-state index in [-0.39, 0.29) is 6.04 Å². The number of hydrogen-bond acceptors (Lipinski definition) is 1. The fourth-order valence-electron chi connectivity index (χ4n) is 3.23. The highest BCUT2D eigenvalue weighted by Gasteiger charge is 2.25. The van der Waals surface area contributed by atoms with E-state index in [1.807, 2.05) is 12.1 Å². The summed E-state index contributed by atoms with van der Waals surface area (Å²) in [4.78, 5) is 0. The number of rotatable bonds is 2. The summed E-state index contributed by atoms with van der Waals surface area (Å²) in [6.45, 7) is 0. The Morgan fingerprint density at radius 3 is 2.78 bits per heavy atom. The molecule has 2 nitrogen and oxygen atoms in total. The largest absolute Gasteiger partial charge is 0.350 e. The number of nitrogens with zero attached hydrogens (tertiary/aromatic N) is 1. The van der Waals surface area contributed by atoms with E-state index in [1.54, 1.807) is 0 Å². The topological polar surface area (TPSA) is 30.9 Å². The van der Waals surface area contributed by atoms with Gasteiger partial charge in [-0.1, -0.05) is 24.4 Å². The Morgan fingerprint density at radius 1 is 1.33 bits per heavy atom. The predicted octanol–water partition coefficient (Wildman–Crippen LogP) is 4.02. The number of aromatic nitrogens is 1. The minimum atomic E-state index is 0.148. The molecule has 1 aromatic carbocycles. The zero-order valence-electron chi connectivity index (χ0n) is 10.7. The van der Waals surface area contributed by atoms with Gasteiger partial charge in [0, 0.05) is 35.2 Å². The van der Waals surface area contributed by atoms with Crippen LogP contribution in [0.25, 0.3) is 10.9 Å². The number of benzene rings is 1. The van der Waals surface area contributed by atoms with Crippen LogP contribution in [0, 0.1) is 5.92 Å². The first-order chi connectivity index (χ1) is 8.66. The number of halogens is 1. The summed E-state index contributed by atoms with van der Waals surface area (Å²) in [5.41, 5.74) is 8.94. The van der Waals surface area contributed by atoms with Crippen molar-refractivity contribution in [2.24, 2.45) is 18.7 Å². The van der Waals surface area contributed by atoms with E-state index in [0.717, 1.165) is 5.02 Å². The van der Waals surface area contributed by atoms with E-state index in [1.165, 1.54) is 42.1 Å². The molecular weight excluding hydrogens is 244 g/mol. The van der Waals surface area contributed by atoms with Gasteiger partial charge in [0.15, 0.2) is 0 Å². The molecular formula is C15H19ClN2. The quantitative estimate of drug-likeness (QED) is 0.871. The van der Waals surface area contributed by atoms with E-state index in [4.69, 9.17) is 17.3 Å². The molecule has 1 saturated carbocycles. The Labute approximate surface area is 113 Å². The van der Waals surface area contributed by atoms with Crippen LogP contribution in [0.2, 0.25) is 5.02 Å². The van der Waals surface area contributed by atoms with Gasteiger partial charge in [-0.25, -0.2) is 0 Å². The summed E-state index contributed by atoms with van der Waals surface area (Å²) < 4.78 is 2.15. The summed E-state index contributed by atoms with van der Waals surface area (Å²) in [6.07, 6.45) is 7.34. The number of aryl methyl sites for hydroxylation is 1. The van der Waals surface area contributed by atoms with Gasteiger partial charge in [0.25, 0.3) is 0 Å². The van der Waals surface area contributed by atoms with Crippen molar-refractivity contribution in [3.63, 3.8) is 0 Å². The molecule has 2 aromatic rings. The first-order valence-electron chi connectivity index (χ1n) is 6.67. The standard InChI is InChI=1S/C15H19ClN2/c1-18-9-13(15(17)10-4-2-3-5-10)12-8-11(16)6-7-14(12)18/h6-10,15H,2-5,17H2,1H3. The average molecular weight is 263 g/mol. The normalized spacial score (nSPS) is 18.6. The molecule has 1 aliphatic rings. The minimum Gasteiger partial charge on any atom is -0.350 e. The van der Waals surface area contributed by atoms with Gasteiger partial charge >= 0.3 is 0 Å². The molecule has 18 heavy (non-hydrogen) atoms. The lowest BCUT2D eigenvalue weighted by atomic mass is 9.92. The number of nitrogens with two attached hydrogens (primary N) is 1. The van der Waals surface area contributed by atoms with Crippen molar-refractivity contribution in [3.05, 3.63) is 35.0 Å². The van der Waals surface area contributed by atoms with E-state index >= 15 is 0 Å².